The first-order valence-corrected chi connectivity index (χ1v) is 12.4. The van der Waals surface area contributed by atoms with Crippen molar-refractivity contribution in [1.29, 1.82) is 0 Å². The van der Waals surface area contributed by atoms with E-state index in [0.717, 1.165) is 49.0 Å². The van der Waals surface area contributed by atoms with Crippen LogP contribution in [0.15, 0.2) is 48.5 Å². The second kappa shape index (κ2) is 10.5. The van der Waals surface area contributed by atoms with Crippen molar-refractivity contribution in [3.05, 3.63) is 64.7 Å². The van der Waals surface area contributed by atoms with Crippen LogP contribution in [0.2, 0.25) is 5.02 Å². The topological polar surface area (TPSA) is 79.0 Å². The Hall–Kier alpha value is -2.13. The Labute approximate surface area is 189 Å². The highest BCUT2D eigenvalue weighted by Crippen LogP contribution is 2.23. The van der Waals surface area contributed by atoms with Crippen LogP contribution in [0.1, 0.15) is 18.1 Å². The molecule has 9 heteroatoms. The van der Waals surface area contributed by atoms with E-state index in [1.54, 1.807) is 31.2 Å². The van der Waals surface area contributed by atoms with E-state index in [1.807, 2.05) is 12.1 Å². The number of hydrogen-bond donors (Lipinski definition) is 1. The molecule has 2 aromatic carbocycles. The summed E-state index contributed by atoms with van der Waals surface area (Å²) in [6, 6.07) is 13.5. The fraction of sp³-hybridized carbons (Fsp3) is 0.409. The Morgan fingerprint density at radius 3 is 2.45 bits per heavy atom. The summed E-state index contributed by atoms with van der Waals surface area (Å²) in [5, 5.41) is 3.35. The van der Waals surface area contributed by atoms with Crippen LogP contribution >= 0.6 is 11.6 Å². The van der Waals surface area contributed by atoms with Gasteiger partial charge in [-0.15, -0.1) is 0 Å². The normalized spacial score (nSPS) is 16.0. The standard InChI is InChI=1S/C22H28ClN3O4S/c1-17(26(31(2,28)29)21-8-6-20(23)7-9-21)22(27)24-15-18-4-3-5-19(14-18)16-25-10-12-30-13-11-25/h3-9,14,17H,10-13,15-16H2,1-2H3,(H,24,27). The minimum absolute atomic E-state index is 0.318. The lowest BCUT2D eigenvalue weighted by Crippen LogP contribution is -2.47. The Bertz CT molecular complexity index is 992. The monoisotopic (exact) mass is 465 g/mol. The number of amides is 1. The molecular weight excluding hydrogens is 438 g/mol. The van der Waals surface area contributed by atoms with Crippen molar-refractivity contribution in [2.75, 3.05) is 36.9 Å². The molecule has 0 aliphatic carbocycles. The summed E-state index contributed by atoms with van der Waals surface area (Å²) >= 11 is 5.91. The summed E-state index contributed by atoms with van der Waals surface area (Å²) in [4.78, 5) is 15.1. The van der Waals surface area contributed by atoms with Crippen molar-refractivity contribution in [2.45, 2.75) is 26.1 Å². The molecule has 1 aliphatic rings. The van der Waals surface area contributed by atoms with Gasteiger partial charge >= 0.3 is 0 Å². The summed E-state index contributed by atoms with van der Waals surface area (Å²) < 4.78 is 31.2. The molecule has 1 saturated heterocycles. The number of hydrogen-bond acceptors (Lipinski definition) is 5. The maximum atomic E-state index is 12.8. The molecule has 0 bridgehead atoms. The third-order valence-electron chi connectivity index (χ3n) is 5.14. The van der Waals surface area contributed by atoms with Gasteiger partial charge in [0.2, 0.25) is 15.9 Å². The summed E-state index contributed by atoms with van der Waals surface area (Å²) in [6.45, 7) is 6.03. The van der Waals surface area contributed by atoms with E-state index >= 15 is 0 Å². The molecule has 3 rings (SSSR count). The number of carbonyl (C=O) groups excluding carboxylic acids is 1. The van der Waals surface area contributed by atoms with E-state index in [2.05, 4.69) is 22.3 Å². The van der Waals surface area contributed by atoms with Gasteiger partial charge in [-0.05, 0) is 42.3 Å². The zero-order valence-electron chi connectivity index (χ0n) is 17.8. The number of ether oxygens (including phenoxy) is 1. The Morgan fingerprint density at radius 1 is 1.16 bits per heavy atom. The molecule has 0 spiro atoms. The molecule has 1 N–H and O–H groups in total. The first-order valence-electron chi connectivity index (χ1n) is 10.1. The van der Waals surface area contributed by atoms with Crippen LogP contribution in [-0.4, -0.2) is 57.8 Å². The van der Waals surface area contributed by atoms with Gasteiger partial charge in [0.1, 0.15) is 6.04 Å². The highest BCUT2D eigenvalue weighted by Gasteiger charge is 2.29. The molecule has 0 aromatic heterocycles. The van der Waals surface area contributed by atoms with Gasteiger partial charge in [-0.3, -0.25) is 14.0 Å². The molecule has 7 nitrogen and oxygen atoms in total. The van der Waals surface area contributed by atoms with E-state index in [0.29, 0.717) is 17.3 Å². The van der Waals surface area contributed by atoms with Crippen molar-refractivity contribution in [3.63, 3.8) is 0 Å². The smallest absolute Gasteiger partial charge is 0.243 e. The van der Waals surface area contributed by atoms with Gasteiger partial charge in [-0.1, -0.05) is 35.9 Å². The average molecular weight is 466 g/mol. The number of morpholine rings is 1. The summed E-state index contributed by atoms with van der Waals surface area (Å²) in [5.74, 6) is -0.376. The Balaban J connectivity index is 1.64. The molecule has 31 heavy (non-hydrogen) atoms. The molecule has 1 atom stereocenters. The van der Waals surface area contributed by atoms with Gasteiger partial charge in [0, 0.05) is 31.2 Å². The lowest BCUT2D eigenvalue weighted by Gasteiger charge is -2.28. The number of rotatable bonds is 8. The van der Waals surface area contributed by atoms with Crippen LogP contribution in [0, 0.1) is 0 Å². The SMILES string of the molecule is CC(C(=O)NCc1cccc(CN2CCOCC2)c1)N(c1ccc(Cl)cc1)S(C)(=O)=O. The molecule has 0 saturated carbocycles. The third-order valence-corrected chi connectivity index (χ3v) is 6.63. The van der Waals surface area contributed by atoms with Gasteiger partial charge in [0.25, 0.3) is 0 Å². The highest BCUT2D eigenvalue weighted by molar-refractivity contribution is 7.92. The van der Waals surface area contributed by atoms with Crippen molar-refractivity contribution in [3.8, 4) is 0 Å². The Morgan fingerprint density at radius 2 is 1.81 bits per heavy atom. The number of sulfonamides is 1. The number of carbonyl (C=O) groups is 1. The van der Waals surface area contributed by atoms with Crippen molar-refractivity contribution >= 4 is 33.2 Å². The van der Waals surface area contributed by atoms with Crippen LogP contribution in [0.4, 0.5) is 5.69 Å². The number of halogens is 1. The zero-order chi connectivity index (χ0) is 22.4. The van der Waals surface area contributed by atoms with Gasteiger partial charge in [-0.25, -0.2) is 8.42 Å². The molecule has 1 unspecified atom stereocenters. The van der Waals surface area contributed by atoms with Crippen LogP contribution in [0.5, 0.6) is 0 Å². The average Bonchev–Trinajstić information content (AvgIpc) is 2.73. The second-order valence-electron chi connectivity index (χ2n) is 7.64. The maximum Gasteiger partial charge on any atom is 0.243 e. The van der Waals surface area contributed by atoms with Crippen LogP contribution in [0.3, 0.4) is 0 Å². The fourth-order valence-corrected chi connectivity index (χ4v) is 4.89. The van der Waals surface area contributed by atoms with E-state index < -0.39 is 16.1 Å². The third kappa shape index (κ3) is 6.67. The minimum atomic E-state index is -3.67. The number of benzene rings is 2. The van der Waals surface area contributed by atoms with E-state index in [4.69, 9.17) is 16.3 Å². The van der Waals surface area contributed by atoms with Crippen LogP contribution in [0.25, 0.3) is 0 Å². The molecular formula is C22H28ClN3O4S. The second-order valence-corrected chi connectivity index (χ2v) is 9.93. The van der Waals surface area contributed by atoms with Crippen molar-refractivity contribution in [1.82, 2.24) is 10.2 Å². The molecule has 1 heterocycles. The number of nitrogens with zero attached hydrogens (tertiary/aromatic N) is 2. The first-order chi connectivity index (χ1) is 14.7. The quantitative estimate of drug-likeness (QED) is 0.648. The van der Waals surface area contributed by atoms with Gasteiger partial charge in [0.05, 0.1) is 25.2 Å². The molecule has 1 fully saturated rings. The zero-order valence-corrected chi connectivity index (χ0v) is 19.3. The molecule has 168 valence electrons. The highest BCUT2D eigenvalue weighted by atomic mass is 35.5. The van der Waals surface area contributed by atoms with Crippen LogP contribution in [-0.2, 0) is 32.6 Å². The molecule has 1 aliphatic heterocycles. The van der Waals surface area contributed by atoms with Gasteiger partial charge in [-0.2, -0.15) is 0 Å². The largest absolute Gasteiger partial charge is 0.379 e. The van der Waals surface area contributed by atoms with E-state index in [9.17, 15) is 13.2 Å². The van der Waals surface area contributed by atoms with Gasteiger partial charge in [0.15, 0.2) is 0 Å². The Kier molecular flexibility index (Phi) is 7.94. The van der Waals surface area contributed by atoms with Crippen molar-refractivity contribution < 1.29 is 17.9 Å². The van der Waals surface area contributed by atoms with E-state index in [1.165, 1.54) is 5.56 Å². The fourth-order valence-electron chi connectivity index (χ4n) is 3.59. The maximum absolute atomic E-state index is 12.8. The molecule has 0 radical (unpaired) electrons. The van der Waals surface area contributed by atoms with E-state index in [-0.39, 0.29) is 5.91 Å². The predicted octanol–water partition coefficient (Wildman–Crippen LogP) is 2.64. The predicted molar refractivity (Wildman–Crippen MR) is 123 cm³/mol. The molecule has 1 amide bonds. The lowest BCUT2D eigenvalue weighted by molar-refractivity contribution is -0.122. The summed E-state index contributed by atoms with van der Waals surface area (Å²) in [7, 11) is -3.67. The summed E-state index contributed by atoms with van der Waals surface area (Å²) in [5.41, 5.74) is 2.52. The van der Waals surface area contributed by atoms with Gasteiger partial charge < -0.3 is 10.1 Å². The van der Waals surface area contributed by atoms with Crippen LogP contribution < -0.4 is 9.62 Å². The summed E-state index contributed by atoms with van der Waals surface area (Å²) in [6.07, 6.45) is 1.08. The number of anilines is 1. The van der Waals surface area contributed by atoms with Crippen molar-refractivity contribution in [2.24, 2.45) is 0 Å². The molecule has 2 aromatic rings. The number of nitrogens with one attached hydrogen (secondary N) is 1. The first kappa shape index (κ1) is 23.5. The minimum Gasteiger partial charge on any atom is -0.379 e. The lowest BCUT2D eigenvalue weighted by atomic mass is 10.1.